The number of primary amides is 1. The highest BCUT2D eigenvalue weighted by Crippen LogP contribution is 2.33. The lowest BCUT2D eigenvalue weighted by molar-refractivity contribution is -0.135. The lowest BCUT2D eigenvalue weighted by Crippen LogP contribution is -2.45. The SMILES string of the molecule is CN(C(=O)C(N)CC(N)=O)C1CCCc2ccccc21. The van der Waals surface area contributed by atoms with Crippen LogP contribution in [0.5, 0.6) is 0 Å². The van der Waals surface area contributed by atoms with Crippen LogP contribution in [0.25, 0.3) is 0 Å². The minimum atomic E-state index is -0.855. The summed E-state index contributed by atoms with van der Waals surface area (Å²) >= 11 is 0. The number of hydrogen-bond acceptors (Lipinski definition) is 3. The Morgan fingerprint density at radius 3 is 2.80 bits per heavy atom. The van der Waals surface area contributed by atoms with E-state index in [-0.39, 0.29) is 18.4 Å². The van der Waals surface area contributed by atoms with E-state index in [1.165, 1.54) is 11.1 Å². The number of carbonyl (C=O) groups is 2. The number of carbonyl (C=O) groups excluding carboxylic acids is 2. The average molecular weight is 275 g/mol. The van der Waals surface area contributed by atoms with Crippen molar-refractivity contribution in [2.24, 2.45) is 11.5 Å². The topological polar surface area (TPSA) is 89.4 Å². The number of fused-ring (bicyclic) bond motifs is 1. The summed E-state index contributed by atoms with van der Waals surface area (Å²) in [5.74, 6) is -0.784. The van der Waals surface area contributed by atoms with E-state index in [1.807, 2.05) is 12.1 Å². The van der Waals surface area contributed by atoms with Crippen LogP contribution >= 0.6 is 0 Å². The maximum Gasteiger partial charge on any atom is 0.240 e. The Morgan fingerprint density at radius 2 is 2.10 bits per heavy atom. The molecule has 0 aliphatic heterocycles. The van der Waals surface area contributed by atoms with Gasteiger partial charge in [0.25, 0.3) is 0 Å². The van der Waals surface area contributed by atoms with Crippen LogP contribution in [0.2, 0.25) is 0 Å². The van der Waals surface area contributed by atoms with E-state index in [0.717, 1.165) is 19.3 Å². The van der Waals surface area contributed by atoms with Gasteiger partial charge in [0.15, 0.2) is 0 Å². The van der Waals surface area contributed by atoms with Crippen molar-refractivity contribution >= 4 is 11.8 Å². The quantitative estimate of drug-likeness (QED) is 0.848. The standard InChI is InChI=1S/C15H21N3O2/c1-18(15(20)12(16)9-14(17)19)13-8-4-6-10-5-2-3-7-11(10)13/h2-3,5,7,12-13H,4,6,8-9,16H2,1H3,(H2,17,19). The molecule has 0 spiro atoms. The first kappa shape index (κ1) is 14.5. The van der Waals surface area contributed by atoms with E-state index < -0.39 is 11.9 Å². The van der Waals surface area contributed by atoms with Crippen molar-refractivity contribution in [3.63, 3.8) is 0 Å². The van der Waals surface area contributed by atoms with Crippen LogP contribution in [0.1, 0.15) is 36.4 Å². The molecule has 0 radical (unpaired) electrons. The van der Waals surface area contributed by atoms with Gasteiger partial charge in [-0.25, -0.2) is 0 Å². The number of nitrogens with two attached hydrogens (primary N) is 2. The molecule has 1 aliphatic rings. The van der Waals surface area contributed by atoms with E-state index in [0.29, 0.717) is 0 Å². The van der Waals surface area contributed by atoms with Crippen molar-refractivity contribution < 1.29 is 9.59 Å². The van der Waals surface area contributed by atoms with Crippen molar-refractivity contribution in [1.29, 1.82) is 0 Å². The molecule has 2 rings (SSSR count). The third kappa shape index (κ3) is 2.99. The number of likely N-dealkylation sites (N-methyl/N-ethyl adjacent to an activating group) is 1. The van der Waals surface area contributed by atoms with Crippen LogP contribution in [0.3, 0.4) is 0 Å². The molecule has 0 heterocycles. The van der Waals surface area contributed by atoms with Gasteiger partial charge in [-0.3, -0.25) is 9.59 Å². The second-order valence-electron chi connectivity index (χ2n) is 5.33. The van der Waals surface area contributed by atoms with Crippen LogP contribution < -0.4 is 11.5 Å². The molecule has 1 aliphatic carbocycles. The molecule has 108 valence electrons. The first-order valence-corrected chi connectivity index (χ1v) is 6.89. The third-order valence-corrected chi connectivity index (χ3v) is 3.89. The molecule has 5 heteroatoms. The van der Waals surface area contributed by atoms with Gasteiger partial charge in [-0.1, -0.05) is 24.3 Å². The monoisotopic (exact) mass is 275 g/mol. The molecule has 0 bridgehead atoms. The van der Waals surface area contributed by atoms with Crippen molar-refractivity contribution in [3.8, 4) is 0 Å². The van der Waals surface area contributed by atoms with E-state index in [9.17, 15) is 9.59 Å². The highest BCUT2D eigenvalue weighted by molar-refractivity contribution is 5.87. The van der Waals surface area contributed by atoms with Gasteiger partial charge in [-0.05, 0) is 30.4 Å². The first-order valence-electron chi connectivity index (χ1n) is 6.89. The van der Waals surface area contributed by atoms with E-state index >= 15 is 0 Å². The molecule has 0 aromatic heterocycles. The summed E-state index contributed by atoms with van der Waals surface area (Å²) in [6.45, 7) is 0. The largest absolute Gasteiger partial charge is 0.370 e. The first-order chi connectivity index (χ1) is 9.50. The van der Waals surface area contributed by atoms with Crippen molar-refractivity contribution in [2.75, 3.05) is 7.05 Å². The highest BCUT2D eigenvalue weighted by atomic mass is 16.2. The fourth-order valence-corrected chi connectivity index (χ4v) is 2.85. The van der Waals surface area contributed by atoms with Crippen LogP contribution in [0.4, 0.5) is 0 Å². The van der Waals surface area contributed by atoms with Gasteiger partial charge < -0.3 is 16.4 Å². The minimum absolute atomic E-state index is 0.0337. The van der Waals surface area contributed by atoms with Gasteiger partial charge in [0.2, 0.25) is 11.8 Å². The van der Waals surface area contributed by atoms with Crippen LogP contribution in [0.15, 0.2) is 24.3 Å². The Morgan fingerprint density at radius 1 is 1.40 bits per heavy atom. The summed E-state index contributed by atoms with van der Waals surface area (Å²) in [6, 6.07) is 7.34. The number of nitrogens with zero attached hydrogens (tertiary/aromatic N) is 1. The number of aryl methyl sites for hydroxylation is 1. The third-order valence-electron chi connectivity index (χ3n) is 3.89. The molecule has 4 N–H and O–H groups in total. The predicted molar refractivity (Wildman–Crippen MR) is 76.7 cm³/mol. The number of hydrogen-bond donors (Lipinski definition) is 2. The number of amides is 2. The Bertz CT molecular complexity index is 516. The molecule has 2 amide bonds. The molecule has 0 saturated carbocycles. The summed E-state index contributed by atoms with van der Waals surface area (Å²) in [6.07, 6.45) is 2.90. The fourth-order valence-electron chi connectivity index (χ4n) is 2.85. The molecule has 1 aromatic carbocycles. The maximum atomic E-state index is 12.3. The van der Waals surface area contributed by atoms with Gasteiger partial charge in [0.05, 0.1) is 18.5 Å². The van der Waals surface area contributed by atoms with Crippen molar-refractivity contribution in [3.05, 3.63) is 35.4 Å². The van der Waals surface area contributed by atoms with Gasteiger partial charge in [-0.2, -0.15) is 0 Å². The average Bonchev–Trinajstić information content (AvgIpc) is 2.44. The van der Waals surface area contributed by atoms with Gasteiger partial charge >= 0.3 is 0 Å². The number of rotatable bonds is 4. The zero-order valence-corrected chi connectivity index (χ0v) is 11.7. The Balaban J connectivity index is 2.16. The van der Waals surface area contributed by atoms with Crippen LogP contribution in [-0.2, 0) is 16.0 Å². The lowest BCUT2D eigenvalue weighted by atomic mass is 9.86. The summed E-state index contributed by atoms with van der Waals surface area (Å²) in [4.78, 5) is 24.8. The lowest BCUT2D eigenvalue weighted by Gasteiger charge is -2.34. The van der Waals surface area contributed by atoms with E-state index in [2.05, 4.69) is 12.1 Å². The molecule has 1 aromatic rings. The second kappa shape index (κ2) is 6.05. The second-order valence-corrected chi connectivity index (χ2v) is 5.33. The zero-order valence-electron chi connectivity index (χ0n) is 11.7. The summed E-state index contributed by atoms with van der Waals surface area (Å²) in [7, 11) is 1.75. The van der Waals surface area contributed by atoms with Gasteiger partial charge in [0, 0.05) is 7.05 Å². The van der Waals surface area contributed by atoms with E-state index in [4.69, 9.17) is 11.5 Å². The molecule has 5 nitrogen and oxygen atoms in total. The Hall–Kier alpha value is -1.88. The van der Waals surface area contributed by atoms with E-state index in [1.54, 1.807) is 11.9 Å². The summed E-state index contributed by atoms with van der Waals surface area (Å²) in [5, 5.41) is 0. The molecular formula is C15H21N3O2. The summed E-state index contributed by atoms with van der Waals surface area (Å²) < 4.78 is 0. The van der Waals surface area contributed by atoms with Gasteiger partial charge in [0.1, 0.15) is 0 Å². The molecule has 2 unspecified atom stereocenters. The predicted octanol–water partition coefficient (Wildman–Crippen LogP) is 0.725. The van der Waals surface area contributed by atoms with Gasteiger partial charge in [-0.15, -0.1) is 0 Å². The Kier molecular flexibility index (Phi) is 4.39. The molecular weight excluding hydrogens is 254 g/mol. The molecule has 20 heavy (non-hydrogen) atoms. The Labute approximate surface area is 118 Å². The maximum absolute atomic E-state index is 12.3. The minimum Gasteiger partial charge on any atom is -0.370 e. The highest BCUT2D eigenvalue weighted by Gasteiger charge is 2.29. The smallest absolute Gasteiger partial charge is 0.240 e. The van der Waals surface area contributed by atoms with Crippen molar-refractivity contribution in [2.45, 2.75) is 37.8 Å². The molecule has 2 atom stereocenters. The van der Waals surface area contributed by atoms with Crippen molar-refractivity contribution in [1.82, 2.24) is 4.90 Å². The zero-order chi connectivity index (χ0) is 14.7. The summed E-state index contributed by atoms with van der Waals surface area (Å²) in [5.41, 5.74) is 13.3. The normalized spacial score (nSPS) is 19.0. The number of benzene rings is 1. The fraction of sp³-hybridized carbons (Fsp3) is 0.467. The van der Waals surface area contributed by atoms with Crippen LogP contribution in [-0.4, -0.2) is 29.8 Å². The van der Waals surface area contributed by atoms with Crippen LogP contribution in [0, 0.1) is 0 Å². The molecule has 0 fully saturated rings. The molecule has 0 saturated heterocycles.